The molecule has 2 aromatic heterocycles. The van der Waals surface area contributed by atoms with Crippen LogP contribution in [0.25, 0.3) is 12.2 Å². The standard InChI is InChI=1S/C26H21N3O3S2/c1-2-32-25(30)21-15-34-22(27-21)14-29-13-20(24(33)28-26(29)31)23-18-9-5-3-7-16(18)11-12-17-8-4-6-10-19(17)23/h3-13,15,23H,2,14H2,1H3,(H,28,31,33). The Morgan fingerprint density at radius 3 is 2.38 bits per heavy atom. The number of thiazole rings is 1. The van der Waals surface area contributed by atoms with Crippen molar-refractivity contribution in [1.82, 2.24) is 14.5 Å². The number of nitrogens with zero attached hydrogens (tertiary/aromatic N) is 2. The fourth-order valence-corrected chi connectivity index (χ4v) is 5.23. The van der Waals surface area contributed by atoms with E-state index in [2.05, 4.69) is 46.4 Å². The predicted molar refractivity (Wildman–Crippen MR) is 136 cm³/mol. The Labute approximate surface area is 205 Å². The molecular weight excluding hydrogens is 466 g/mol. The normalized spacial score (nSPS) is 12.6. The largest absolute Gasteiger partial charge is 0.461 e. The van der Waals surface area contributed by atoms with Crippen molar-refractivity contribution in [1.29, 1.82) is 0 Å². The van der Waals surface area contributed by atoms with E-state index in [1.54, 1.807) is 16.9 Å². The molecule has 0 aliphatic heterocycles. The number of aromatic nitrogens is 3. The van der Waals surface area contributed by atoms with Crippen LogP contribution in [0, 0.1) is 4.64 Å². The highest BCUT2D eigenvalue weighted by atomic mass is 32.1. The van der Waals surface area contributed by atoms with Crippen LogP contribution in [0.3, 0.4) is 0 Å². The molecule has 2 aromatic carbocycles. The van der Waals surface area contributed by atoms with Crippen LogP contribution in [0.15, 0.2) is 64.9 Å². The van der Waals surface area contributed by atoms with Gasteiger partial charge in [0, 0.05) is 23.1 Å². The summed E-state index contributed by atoms with van der Waals surface area (Å²) in [5, 5.41) is 2.28. The number of carbonyl (C=O) groups is 1. The molecule has 0 saturated heterocycles. The third-order valence-corrected chi connectivity index (χ3v) is 6.92. The fourth-order valence-electron chi connectivity index (χ4n) is 4.21. The Bertz CT molecular complexity index is 1480. The lowest BCUT2D eigenvalue weighted by Crippen LogP contribution is -2.25. The van der Waals surface area contributed by atoms with Crippen LogP contribution >= 0.6 is 23.6 Å². The molecule has 0 bridgehead atoms. The first-order valence-corrected chi connectivity index (χ1v) is 12.1. The molecule has 8 heteroatoms. The number of aromatic amines is 1. The summed E-state index contributed by atoms with van der Waals surface area (Å²) in [6.07, 6.45) is 6.04. The van der Waals surface area contributed by atoms with Crippen molar-refractivity contribution in [3.8, 4) is 0 Å². The topological polar surface area (TPSA) is 77.0 Å². The minimum absolute atomic E-state index is 0.149. The summed E-state index contributed by atoms with van der Waals surface area (Å²) in [5.41, 5.74) is 5.20. The SMILES string of the molecule is CCOC(=O)c1csc(Cn2cc(C3c4ccccc4C=Cc4ccccc43)c(=S)[nH]c2=O)n1. The van der Waals surface area contributed by atoms with E-state index in [9.17, 15) is 9.59 Å². The molecule has 5 rings (SSSR count). The molecule has 0 radical (unpaired) electrons. The van der Waals surface area contributed by atoms with Gasteiger partial charge in [0.25, 0.3) is 0 Å². The summed E-state index contributed by atoms with van der Waals surface area (Å²) >= 11 is 6.96. The van der Waals surface area contributed by atoms with Crippen LogP contribution in [0.2, 0.25) is 0 Å². The number of ether oxygens (including phenoxy) is 1. The number of H-pyrrole nitrogens is 1. The van der Waals surface area contributed by atoms with Crippen LogP contribution in [-0.2, 0) is 11.3 Å². The van der Waals surface area contributed by atoms with E-state index in [1.165, 1.54) is 11.3 Å². The number of fused-ring (bicyclic) bond motifs is 2. The molecule has 34 heavy (non-hydrogen) atoms. The van der Waals surface area contributed by atoms with E-state index in [1.807, 2.05) is 30.5 Å². The molecule has 0 atom stereocenters. The quantitative estimate of drug-likeness (QED) is 0.271. The monoisotopic (exact) mass is 487 g/mol. The number of carbonyl (C=O) groups excluding carboxylic acids is 1. The molecule has 0 fully saturated rings. The lowest BCUT2D eigenvalue weighted by atomic mass is 9.83. The molecule has 1 aliphatic carbocycles. The first-order chi connectivity index (χ1) is 16.5. The average Bonchev–Trinajstić information content (AvgIpc) is 3.24. The van der Waals surface area contributed by atoms with Gasteiger partial charge in [-0.3, -0.25) is 9.55 Å². The second kappa shape index (κ2) is 9.32. The maximum Gasteiger partial charge on any atom is 0.357 e. The molecule has 170 valence electrons. The Balaban J connectivity index is 1.60. The molecule has 0 saturated carbocycles. The van der Waals surface area contributed by atoms with Crippen LogP contribution in [0.5, 0.6) is 0 Å². The summed E-state index contributed by atoms with van der Waals surface area (Å²) in [5.74, 6) is -0.617. The van der Waals surface area contributed by atoms with Crippen molar-refractivity contribution in [2.45, 2.75) is 19.4 Å². The zero-order valence-corrected chi connectivity index (χ0v) is 20.0. The van der Waals surface area contributed by atoms with Gasteiger partial charge in [-0.05, 0) is 29.2 Å². The molecule has 2 heterocycles. The number of hydrogen-bond donors (Lipinski definition) is 1. The molecule has 0 unspecified atom stereocenters. The van der Waals surface area contributed by atoms with Gasteiger partial charge in [-0.2, -0.15) is 0 Å². The van der Waals surface area contributed by atoms with Crippen molar-refractivity contribution in [2.75, 3.05) is 6.61 Å². The lowest BCUT2D eigenvalue weighted by molar-refractivity contribution is 0.0520. The average molecular weight is 488 g/mol. The van der Waals surface area contributed by atoms with Gasteiger partial charge >= 0.3 is 11.7 Å². The van der Waals surface area contributed by atoms with Crippen molar-refractivity contribution < 1.29 is 9.53 Å². The second-order valence-corrected chi connectivity index (χ2v) is 9.19. The number of esters is 1. The summed E-state index contributed by atoms with van der Waals surface area (Å²) in [4.78, 5) is 32.0. The van der Waals surface area contributed by atoms with Gasteiger partial charge in [0.2, 0.25) is 0 Å². The predicted octanol–water partition coefficient (Wildman–Crippen LogP) is 5.25. The number of benzene rings is 2. The first-order valence-electron chi connectivity index (χ1n) is 10.9. The highest BCUT2D eigenvalue weighted by Crippen LogP contribution is 2.39. The third-order valence-electron chi connectivity index (χ3n) is 5.75. The minimum atomic E-state index is -0.468. The fraction of sp³-hybridized carbons (Fsp3) is 0.154. The number of hydrogen-bond acceptors (Lipinski definition) is 6. The highest BCUT2D eigenvalue weighted by molar-refractivity contribution is 7.71. The summed E-state index contributed by atoms with van der Waals surface area (Å²) in [6.45, 7) is 2.25. The lowest BCUT2D eigenvalue weighted by Gasteiger charge is -2.21. The Kier molecular flexibility index (Phi) is 6.08. The third kappa shape index (κ3) is 4.18. The van der Waals surface area contributed by atoms with E-state index < -0.39 is 5.97 Å². The van der Waals surface area contributed by atoms with E-state index in [-0.39, 0.29) is 30.5 Å². The molecule has 1 aliphatic rings. The van der Waals surface area contributed by atoms with Crippen LogP contribution in [-0.4, -0.2) is 27.1 Å². The smallest absolute Gasteiger partial charge is 0.357 e. The van der Waals surface area contributed by atoms with Crippen molar-refractivity contribution in [2.24, 2.45) is 0 Å². The van der Waals surface area contributed by atoms with Crippen molar-refractivity contribution in [3.05, 3.63) is 114 Å². The van der Waals surface area contributed by atoms with Gasteiger partial charge < -0.3 is 4.74 Å². The van der Waals surface area contributed by atoms with Gasteiger partial charge in [0.15, 0.2) is 5.69 Å². The van der Waals surface area contributed by atoms with Gasteiger partial charge in [0.05, 0.1) is 13.2 Å². The summed E-state index contributed by atoms with van der Waals surface area (Å²) in [6, 6.07) is 16.4. The zero-order valence-electron chi connectivity index (χ0n) is 18.4. The van der Waals surface area contributed by atoms with Crippen molar-refractivity contribution in [3.63, 3.8) is 0 Å². The highest BCUT2D eigenvalue weighted by Gasteiger charge is 2.25. The van der Waals surface area contributed by atoms with Crippen LogP contribution in [0.1, 0.15) is 56.2 Å². The van der Waals surface area contributed by atoms with Gasteiger partial charge in [-0.15, -0.1) is 11.3 Å². The van der Waals surface area contributed by atoms with Gasteiger partial charge in [-0.1, -0.05) is 72.9 Å². The Morgan fingerprint density at radius 2 is 1.74 bits per heavy atom. The Hall–Kier alpha value is -3.62. The zero-order chi connectivity index (χ0) is 23.7. The maximum absolute atomic E-state index is 12.8. The minimum Gasteiger partial charge on any atom is -0.461 e. The summed E-state index contributed by atoms with van der Waals surface area (Å²) < 4.78 is 6.98. The first kappa shape index (κ1) is 22.2. The van der Waals surface area contributed by atoms with E-state index >= 15 is 0 Å². The molecular formula is C26H21N3O3S2. The van der Waals surface area contributed by atoms with E-state index in [4.69, 9.17) is 17.0 Å². The molecule has 6 nitrogen and oxygen atoms in total. The summed E-state index contributed by atoms with van der Waals surface area (Å²) in [7, 11) is 0. The molecule has 0 spiro atoms. The van der Waals surface area contributed by atoms with Gasteiger partial charge in [0.1, 0.15) is 9.65 Å². The number of rotatable bonds is 5. The molecule has 4 aromatic rings. The van der Waals surface area contributed by atoms with Crippen LogP contribution < -0.4 is 5.69 Å². The Morgan fingerprint density at radius 1 is 1.09 bits per heavy atom. The van der Waals surface area contributed by atoms with Crippen molar-refractivity contribution >= 4 is 41.7 Å². The van der Waals surface area contributed by atoms with Gasteiger partial charge in [-0.25, -0.2) is 14.6 Å². The second-order valence-electron chi connectivity index (χ2n) is 7.84. The maximum atomic E-state index is 12.8. The van der Waals surface area contributed by atoms with Crippen LogP contribution in [0.4, 0.5) is 0 Å². The molecule has 0 amide bonds. The van der Waals surface area contributed by atoms with E-state index in [0.29, 0.717) is 9.65 Å². The molecule has 1 N–H and O–H groups in total. The number of nitrogens with one attached hydrogen (secondary N) is 1. The van der Waals surface area contributed by atoms with E-state index in [0.717, 1.165) is 27.8 Å².